The SMILES string of the molecule is CCCCCC(C)(C)Oc1ccc2nn(-c3cc(C)ccc3O)nc2c1. The van der Waals surface area contributed by atoms with E-state index in [4.69, 9.17) is 4.74 Å². The maximum atomic E-state index is 10.1. The van der Waals surface area contributed by atoms with Crippen LogP contribution in [0.2, 0.25) is 0 Å². The summed E-state index contributed by atoms with van der Waals surface area (Å²) in [5.41, 5.74) is 2.91. The highest BCUT2D eigenvalue weighted by Crippen LogP contribution is 2.27. The van der Waals surface area contributed by atoms with Gasteiger partial charge in [0.25, 0.3) is 0 Å². The molecule has 26 heavy (non-hydrogen) atoms. The van der Waals surface area contributed by atoms with E-state index in [-0.39, 0.29) is 11.4 Å². The van der Waals surface area contributed by atoms with Gasteiger partial charge >= 0.3 is 0 Å². The van der Waals surface area contributed by atoms with E-state index in [1.165, 1.54) is 17.6 Å². The van der Waals surface area contributed by atoms with Crippen molar-refractivity contribution in [2.24, 2.45) is 0 Å². The van der Waals surface area contributed by atoms with Crippen LogP contribution in [0.3, 0.4) is 0 Å². The van der Waals surface area contributed by atoms with Crippen LogP contribution in [0.4, 0.5) is 0 Å². The molecule has 0 bridgehead atoms. The number of hydrogen-bond donors (Lipinski definition) is 1. The Bertz CT molecular complexity index is 899. The summed E-state index contributed by atoms with van der Waals surface area (Å²) in [4.78, 5) is 1.48. The third-order valence-corrected chi connectivity index (χ3v) is 4.47. The standard InChI is InChI=1S/C21H27N3O2/c1-5-6-7-12-21(3,4)26-16-9-10-17-18(14-16)23-24(22-17)19-13-15(2)8-11-20(19)25/h8-11,13-14,25H,5-7,12H2,1-4H3. The highest BCUT2D eigenvalue weighted by atomic mass is 16.5. The van der Waals surface area contributed by atoms with Crippen LogP contribution < -0.4 is 4.74 Å². The molecule has 5 nitrogen and oxygen atoms in total. The zero-order chi connectivity index (χ0) is 18.7. The van der Waals surface area contributed by atoms with Crippen molar-refractivity contribution in [1.82, 2.24) is 15.0 Å². The highest BCUT2D eigenvalue weighted by Gasteiger charge is 2.20. The lowest BCUT2D eigenvalue weighted by atomic mass is 10.0. The van der Waals surface area contributed by atoms with Crippen molar-refractivity contribution in [2.45, 2.75) is 59.0 Å². The summed E-state index contributed by atoms with van der Waals surface area (Å²) in [5.74, 6) is 0.948. The number of nitrogens with zero attached hydrogens (tertiary/aromatic N) is 3. The number of unbranched alkanes of at least 4 members (excludes halogenated alkanes) is 2. The third kappa shape index (κ3) is 4.15. The van der Waals surface area contributed by atoms with Crippen LogP contribution in [-0.4, -0.2) is 25.7 Å². The topological polar surface area (TPSA) is 60.2 Å². The molecule has 0 aliphatic rings. The van der Waals surface area contributed by atoms with E-state index in [1.807, 2.05) is 37.3 Å². The van der Waals surface area contributed by atoms with E-state index >= 15 is 0 Å². The molecule has 3 rings (SSSR count). The number of phenols is 1. The van der Waals surface area contributed by atoms with Gasteiger partial charge in [0.2, 0.25) is 0 Å². The Balaban J connectivity index is 1.84. The lowest BCUT2D eigenvalue weighted by Crippen LogP contribution is -2.27. The average molecular weight is 353 g/mol. The van der Waals surface area contributed by atoms with Crippen molar-refractivity contribution < 1.29 is 9.84 Å². The van der Waals surface area contributed by atoms with Crippen LogP contribution in [0.25, 0.3) is 16.7 Å². The molecule has 0 saturated carbocycles. The second-order valence-electron chi connectivity index (χ2n) is 7.45. The molecule has 1 N–H and O–H groups in total. The van der Waals surface area contributed by atoms with Crippen molar-refractivity contribution in [2.75, 3.05) is 0 Å². The number of ether oxygens (including phenoxy) is 1. The second kappa shape index (κ2) is 7.36. The molecule has 0 aliphatic carbocycles. The number of benzene rings is 2. The molecule has 0 spiro atoms. The van der Waals surface area contributed by atoms with Crippen LogP contribution in [0.5, 0.6) is 11.5 Å². The predicted octanol–water partition coefficient (Wildman–Crippen LogP) is 5.17. The van der Waals surface area contributed by atoms with Gasteiger partial charge < -0.3 is 9.84 Å². The van der Waals surface area contributed by atoms with Crippen LogP contribution in [-0.2, 0) is 0 Å². The van der Waals surface area contributed by atoms with Gasteiger partial charge in [-0.3, -0.25) is 0 Å². The van der Waals surface area contributed by atoms with Crippen LogP contribution in [0.1, 0.15) is 52.0 Å². The van der Waals surface area contributed by atoms with Gasteiger partial charge in [0.05, 0.1) is 0 Å². The molecular weight excluding hydrogens is 326 g/mol. The Morgan fingerprint density at radius 3 is 2.58 bits per heavy atom. The number of aromatic nitrogens is 3. The van der Waals surface area contributed by atoms with E-state index in [0.717, 1.165) is 35.2 Å². The molecule has 2 aromatic carbocycles. The number of hydrogen-bond acceptors (Lipinski definition) is 4. The van der Waals surface area contributed by atoms with Gasteiger partial charge in [-0.25, -0.2) is 0 Å². The summed E-state index contributed by atoms with van der Waals surface area (Å²) in [6.45, 7) is 8.42. The fourth-order valence-corrected chi connectivity index (χ4v) is 3.03. The quantitative estimate of drug-likeness (QED) is 0.595. The smallest absolute Gasteiger partial charge is 0.143 e. The average Bonchev–Trinajstić information content (AvgIpc) is 2.99. The fraction of sp³-hybridized carbons (Fsp3) is 0.429. The number of aryl methyl sites for hydroxylation is 1. The van der Waals surface area contributed by atoms with E-state index in [2.05, 4.69) is 31.0 Å². The summed E-state index contributed by atoms with van der Waals surface area (Å²) in [6, 6.07) is 11.1. The summed E-state index contributed by atoms with van der Waals surface area (Å²) >= 11 is 0. The Morgan fingerprint density at radius 2 is 1.81 bits per heavy atom. The summed E-state index contributed by atoms with van der Waals surface area (Å²) in [7, 11) is 0. The Morgan fingerprint density at radius 1 is 1.04 bits per heavy atom. The molecule has 0 saturated heterocycles. The van der Waals surface area contributed by atoms with E-state index in [0.29, 0.717) is 5.69 Å². The number of aromatic hydroxyl groups is 1. The minimum absolute atomic E-state index is 0.157. The summed E-state index contributed by atoms with van der Waals surface area (Å²) in [6.07, 6.45) is 4.61. The molecule has 0 unspecified atom stereocenters. The fourth-order valence-electron chi connectivity index (χ4n) is 3.03. The van der Waals surface area contributed by atoms with Gasteiger partial charge in [-0.05, 0) is 63.4 Å². The first-order valence-corrected chi connectivity index (χ1v) is 9.24. The highest BCUT2D eigenvalue weighted by molar-refractivity contribution is 5.75. The van der Waals surface area contributed by atoms with Gasteiger partial charge in [-0.1, -0.05) is 25.8 Å². The van der Waals surface area contributed by atoms with Crippen LogP contribution in [0.15, 0.2) is 36.4 Å². The Kier molecular flexibility index (Phi) is 5.16. The van der Waals surface area contributed by atoms with E-state index < -0.39 is 0 Å². The van der Waals surface area contributed by atoms with Crippen molar-refractivity contribution in [3.05, 3.63) is 42.0 Å². The zero-order valence-electron chi connectivity index (χ0n) is 16.0. The summed E-state index contributed by atoms with van der Waals surface area (Å²) in [5, 5.41) is 19.1. The van der Waals surface area contributed by atoms with Crippen LogP contribution in [0, 0.1) is 6.92 Å². The number of phenolic OH excluding ortho intramolecular Hbond substituents is 1. The molecule has 0 radical (unpaired) electrons. The molecule has 3 aromatic rings. The van der Waals surface area contributed by atoms with Gasteiger partial charge in [0, 0.05) is 6.07 Å². The first kappa shape index (κ1) is 18.2. The molecule has 5 heteroatoms. The Labute approximate surface area is 154 Å². The normalized spacial score (nSPS) is 11.8. The van der Waals surface area contributed by atoms with Gasteiger partial charge in [-0.15, -0.1) is 15.0 Å². The maximum Gasteiger partial charge on any atom is 0.143 e. The molecule has 1 aromatic heterocycles. The van der Waals surface area contributed by atoms with Crippen molar-refractivity contribution in [1.29, 1.82) is 0 Å². The van der Waals surface area contributed by atoms with Gasteiger partial charge in [0.15, 0.2) is 0 Å². The summed E-state index contributed by atoms with van der Waals surface area (Å²) < 4.78 is 6.19. The first-order valence-electron chi connectivity index (χ1n) is 9.24. The lowest BCUT2D eigenvalue weighted by Gasteiger charge is -2.26. The van der Waals surface area contributed by atoms with Crippen molar-refractivity contribution in [3.63, 3.8) is 0 Å². The third-order valence-electron chi connectivity index (χ3n) is 4.47. The van der Waals surface area contributed by atoms with E-state index in [9.17, 15) is 5.11 Å². The molecule has 138 valence electrons. The van der Waals surface area contributed by atoms with Crippen molar-refractivity contribution >= 4 is 11.0 Å². The van der Waals surface area contributed by atoms with E-state index in [1.54, 1.807) is 6.07 Å². The molecular formula is C21H27N3O2. The minimum Gasteiger partial charge on any atom is -0.506 e. The monoisotopic (exact) mass is 353 g/mol. The van der Waals surface area contributed by atoms with Gasteiger partial charge in [-0.2, -0.15) is 0 Å². The molecule has 1 heterocycles. The predicted molar refractivity (Wildman–Crippen MR) is 104 cm³/mol. The molecule has 0 amide bonds. The van der Waals surface area contributed by atoms with Gasteiger partial charge in [0.1, 0.15) is 33.8 Å². The Hall–Kier alpha value is -2.56. The molecule has 0 aliphatic heterocycles. The van der Waals surface area contributed by atoms with Crippen molar-refractivity contribution in [3.8, 4) is 17.2 Å². The second-order valence-corrected chi connectivity index (χ2v) is 7.45. The molecule has 0 atom stereocenters. The largest absolute Gasteiger partial charge is 0.506 e. The van der Waals surface area contributed by atoms with Crippen LogP contribution >= 0.6 is 0 Å². The minimum atomic E-state index is -0.215. The number of rotatable bonds is 7. The lowest BCUT2D eigenvalue weighted by molar-refractivity contribution is 0.0964. The molecule has 0 fully saturated rings. The zero-order valence-corrected chi connectivity index (χ0v) is 16.0. The number of fused-ring (bicyclic) bond motifs is 1. The first-order chi connectivity index (χ1) is 12.4. The maximum absolute atomic E-state index is 10.1.